The Balaban J connectivity index is 0.00000226. The van der Waals surface area contributed by atoms with Crippen LogP contribution in [0.3, 0.4) is 0 Å². The zero-order valence-electron chi connectivity index (χ0n) is 30.7. The Hall–Kier alpha value is -0.980. The van der Waals surface area contributed by atoms with E-state index in [1.165, 1.54) is 44.9 Å². The Kier molecular flexibility index (Phi) is 10.8. The van der Waals surface area contributed by atoms with Crippen molar-refractivity contribution in [3.05, 3.63) is 0 Å². The van der Waals surface area contributed by atoms with E-state index < -0.39 is 0 Å². The first-order chi connectivity index (χ1) is 21.0. The number of likely N-dealkylation sites (tertiary alicyclic amines) is 1. The molecule has 0 amide bonds. The molecule has 0 spiro atoms. The Morgan fingerprint density at radius 2 is 1.49 bits per heavy atom. The highest BCUT2D eigenvalue weighted by Crippen LogP contribution is 2.76. The molecule has 5 fully saturated rings. The van der Waals surface area contributed by atoms with Crippen molar-refractivity contribution in [3.63, 3.8) is 0 Å². The van der Waals surface area contributed by atoms with E-state index in [0.717, 1.165) is 45.2 Å². The second-order valence-electron chi connectivity index (χ2n) is 18.4. The molecule has 0 radical (unpaired) electrons. The van der Waals surface area contributed by atoms with E-state index in [2.05, 4.69) is 69.2 Å². The zero-order chi connectivity index (χ0) is 33.6. The van der Waals surface area contributed by atoms with Crippen molar-refractivity contribution in [2.24, 2.45) is 56.7 Å². The minimum absolute atomic E-state index is 0.0180. The molecular formula is C39H71N2O4+. The Morgan fingerprint density at radius 1 is 0.867 bits per heavy atom. The molecule has 0 aromatic heterocycles. The second-order valence-corrected chi connectivity index (χ2v) is 18.4. The Bertz CT molecular complexity index is 1040. The number of aliphatic hydroxyl groups is 2. The van der Waals surface area contributed by atoms with Gasteiger partial charge in [-0.1, -0.05) is 68.2 Å². The van der Waals surface area contributed by atoms with Crippen LogP contribution in [-0.4, -0.2) is 72.9 Å². The summed E-state index contributed by atoms with van der Waals surface area (Å²) < 4.78 is 7.11. The van der Waals surface area contributed by atoms with Gasteiger partial charge in [-0.2, -0.15) is 0 Å². The Labute approximate surface area is 276 Å². The van der Waals surface area contributed by atoms with Crippen LogP contribution in [0, 0.1) is 62.1 Å². The number of nitrogens with zero attached hydrogens (tertiary/aromatic N) is 1. The number of quaternary nitrogens is 1. The normalized spacial score (nSPS) is 47.4. The standard InChI is InChI=1S/C38H68NO4.CH3N/c1-10-26(11-2)33-28-12-13-30-36(6)18-15-31(43-32(42)24-39(9)22-16-27(41)17-23-39)34(3,4)29(36)14-19-38(30,8)37(28,7)21-20-35(33,5)25-40;1-2/h26-31,33,40-41H,10-25H2,1-9H3;2H,1H2/q+1;/t27?,28?,29?,30?,31?,33?,35-,36+,37?,38-,39?;/m1./s1. The van der Waals surface area contributed by atoms with Crippen molar-refractivity contribution < 1.29 is 24.2 Å². The largest absolute Gasteiger partial charge is 0.458 e. The number of likely N-dealkylation sites (N-methyl/N-ethyl adjacent to an activating group) is 1. The number of nitrogens with one attached hydrogen (secondary N) is 1. The van der Waals surface area contributed by atoms with Crippen LogP contribution >= 0.6 is 0 Å². The number of fused-ring (bicyclic) bond motifs is 5. The van der Waals surface area contributed by atoms with Gasteiger partial charge in [0.05, 0.1) is 26.2 Å². The average Bonchev–Trinajstić information content (AvgIpc) is 3.00. The number of carbonyl (C=O) groups is 1. The fraction of sp³-hybridized carbons (Fsp3) is 0.949. The molecular weight excluding hydrogens is 560 g/mol. The third-order valence-electron chi connectivity index (χ3n) is 16.0. The number of carbonyl (C=O) groups excluding carboxylic acids is 1. The SMILES string of the molecule is C=N.CCC(CC)C1C2CCC3[C@@]4(C)CCC(OC(=O)C[N+]5(C)CCC(O)CC5)C(C)(C)C4CC[C@@]3(C)C2(C)CC[C@]1(C)CO. The smallest absolute Gasteiger partial charge is 0.362 e. The molecule has 1 aliphatic heterocycles. The van der Waals surface area contributed by atoms with Gasteiger partial charge in [-0.25, -0.2) is 4.79 Å². The topological polar surface area (TPSA) is 90.6 Å². The third-order valence-corrected chi connectivity index (χ3v) is 16.0. The molecule has 6 nitrogen and oxygen atoms in total. The summed E-state index contributed by atoms with van der Waals surface area (Å²) in [6.07, 6.45) is 13.4. The molecule has 4 saturated carbocycles. The van der Waals surface area contributed by atoms with E-state index >= 15 is 0 Å². The summed E-state index contributed by atoms with van der Waals surface area (Å²) in [5.41, 5.74) is 0.873. The molecule has 9 atom stereocenters. The number of aliphatic hydroxyl groups excluding tert-OH is 2. The van der Waals surface area contributed by atoms with Crippen molar-refractivity contribution in [2.75, 3.05) is 33.3 Å². The summed E-state index contributed by atoms with van der Waals surface area (Å²) in [6.45, 7) is 24.9. The molecule has 260 valence electrons. The maximum Gasteiger partial charge on any atom is 0.362 e. The molecule has 1 heterocycles. The van der Waals surface area contributed by atoms with Crippen LogP contribution in [0.2, 0.25) is 0 Å². The molecule has 0 bridgehead atoms. The lowest BCUT2D eigenvalue weighted by molar-refractivity contribution is -0.908. The summed E-state index contributed by atoms with van der Waals surface area (Å²) >= 11 is 0. The maximum atomic E-state index is 13.4. The van der Waals surface area contributed by atoms with Crippen molar-refractivity contribution in [2.45, 2.75) is 145 Å². The minimum Gasteiger partial charge on any atom is -0.458 e. The summed E-state index contributed by atoms with van der Waals surface area (Å²) in [5.74, 6) is 3.19. The molecule has 6 unspecified atom stereocenters. The van der Waals surface area contributed by atoms with Gasteiger partial charge in [0.1, 0.15) is 6.10 Å². The summed E-state index contributed by atoms with van der Waals surface area (Å²) in [4.78, 5) is 13.4. The number of ether oxygens (including phenoxy) is 1. The molecule has 0 aromatic carbocycles. The van der Waals surface area contributed by atoms with E-state index in [1.807, 2.05) is 0 Å². The first-order valence-corrected chi connectivity index (χ1v) is 18.7. The zero-order valence-corrected chi connectivity index (χ0v) is 30.7. The van der Waals surface area contributed by atoms with Crippen molar-refractivity contribution in [3.8, 4) is 0 Å². The molecule has 0 aromatic rings. The van der Waals surface area contributed by atoms with Gasteiger partial charge >= 0.3 is 5.97 Å². The van der Waals surface area contributed by atoms with Crippen LogP contribution in [0.15, 0.2) is 0 Å². The first kappa shape index (κ1) is 36.8. The van der Waals surface area contributed by atoms with Gasteiger partial charge < -0.3 is 24.8 Å². The molecule has 5 aliphatic rings. The average molecular weight is 632 g/mol. The molecule has 45 heavy (non-hydrogen) atoms. The van der Waals surface area contributed by atoms with Crippen LogP contribution < -0.4 is 0 Å². The van der Waals surface area contributed by atoms with Gasteiger partial charge in [0.25, 0.3) is 0 Å². The van der Waals surface area contributed by atoms with Crippen molar-refractivity contribution in [1.29, 1.82) is 5.41 Å². The Morgan fingerprint density at radius 3 is 2.07 bits per heavy atom. The predicted molar refractivity (Wildman–Crippen MR) is 184 cm³/mol. The van der Waals surface area contributed by atoms with Crippen LogP contribution in [0.1, 0.15) is 132 Å². The summed E-state index contributed by atoms with van der Waals surface area (Å²) in [5, 5.41) is 26.2. The van der Waals surface area contributed by atoms with Crippen LogP contribution in [0.5, 0.6) is 0 Å². The molecule has 6 heteroatoms. The fourth-order valence-electron chi connectivity index (χ4n) is 13.1. The number of esters is 1. The minimum atomic E-state index is -0.218. The van der Waals surface area contributed by atoms with Crippen molar-refractivity contribution >= 4 is 12.7 Å². The number of hydrogen-bond acceptors (Lipinski definition) is 5. The van der Waals surface area contributed by atoms with Gasteiger partial charge in [0, 0.05) is 24.9 Å². The highest BCUT2D eigenvalue weighted by molar-refractivity contribution is 5.71. The van der Waals surface area contributed by atoms with Gasteiger partial charge in [-0.3, -0.25) is 0 Å². The number of rotatable bonds is 7. The van der Waals surface area contributed by atoms with E-state index in [9.17, 15) is 15.0 Å². The quantitative estimate of drug-likeness (QED) is 0.151. The summed E-state index contributed by atoms with van der Waals surface area (Å²) in [7, 11) is 2.15. The third kappa shape index (κ3) is 5.98. The van der Waals surface area contributed by atoms with E-state index in [4.69, 9.17) is 10.1 Å². The van der Waals surface area contributed by atoms with Crippen LogP contribution in [-0.2, 0) is 9.53 Å². The fourth-order valence-corrected chi connectivity index (χ4v) is 13.1. The van der Waals surface area contributed by atoms with Gasteiger partial charge in [-0.15, -0.1) is 0 Å². The molecule has 4 aliphatic carbocycles. The maximum absolute atomic E-state index is 13.4. The highest BCUT2D eigenvalue weighted by Gasteiger charge is 2.69. The van der Waals surface area contributed by atoms with E-state index in [-0.39, 0.29) is 34.4 Å². The van der Waals surface area contributed by atoms with Crippen LogP contribution in [0.25, 0.3) is 0 Å². The lowest BCUT2D eigenvalue weighted by Gasteiger charge is -2.73. The second kappa shape index (κ2) is 13.1. The lowest BCUT2D eigenvalue weighted by atomic mass is 9.32. The van der Waals surface area contributed by atoms with Gasteiger partial charge in [0.2, 0.25) is 0 Å². The molecule has 3 N–H and O–H groups in total. The van der Waals surface area contributed by atoms with Crippen molar-refractivity contribution in [1.82, 2.24) is 0 Å². The van der Waals surface area contributed by atoms with Gasteiger partial charge in [0.15, 0.2) is 6.54 Å². The number of piperidine rings is 1. The lowest BCUT2D eigenvalue weighted by Crippen LogP contribution is -2.67. The number of hydrogen-bond donors (Lipinski definition) is 3. The van der Waals surface area contributed by atoms with Crippen LogP contribution in [0.4, 0.5) is 0 Å². The first-order valence-electron chi connectivity index (χ1n) is 18.7. The summed E-state index contributed by atoms with van der Waals surface area (Å²) in [6, 6.07) is 0. The molecule has 1 saturated heterocycles. The molecule has 5 rings (SSSR count). The van der Waals surface area contributed by atoms with E-state index in [0.29, 0.717) is 58.1 Å². The van der Waals surface area contributed by atoms with Gasteiger partial charge in [-0.05, 0) is 109 Å². The predicted octanol–water partition coefficient (Wildman–Crippen LogP) is 7.89. The van der Waals surface area contributed by atoms with E-state index in [1.54, 1.807) is 0 Å². The highest BCUT2D eigenvalue weighted by atomic mass is 16.5. The monoisotopic (exact) mass is 632 g/mol.